The van der Waals surface area contributed by atoms with Crippen molar-refractivity contribution in [1.29, 1.82) is 0 Å². The SMILES string of the molecule is NC(=O)c1cnn(-c2ccc(CO)c(Cl)c2)c1. The van der Waals surface area contributed by atoms with Crippen LogP contribution in [-0.4, -0.2) is 20.8 Å². The van der Waals surface area contributed by atoms with Gasteiger partial charge in [-0.15, -0.1) is 0 Å². The van der Waals surface area contributed by atoms with Gasteiger partial charge in [-0.3, -0.25) is 4.79 Å². The summed E-state index contributed by atoms with van der Waals surface area (Å²) in [6.07, 6.45) is 2.91. The molecule has 0 bridgehead atoms. The smallest absolute Gasteiger partial charge is 0.251 e. The maximum absolute atomic E-state index is 10.9. The molecule has 0 saturated carbocycles. The van der Waals surface area contributed by atoms with Crippen LogP contribution in [0.1, 0.15) is 15.9 Å². The monoisotopic (exact) mass is 251 g/mol. The van der Waals surface area contributed by atoms with E-state index in [2.05, 4.69) is 5.10 Å². The lowest BCUT2D eigenvalue weighted by Crippen LogP contribution is -2.09. The first-order valence-corrected chi connectivity index (χ1v) is 5.23. The molecule has 0 aliphatic carbocycles. The largest absolute Gasteiger partial charge is 0.392 e. The molecule has 6 heteroatoms. The average Bonchev–Trinajstić information content (AvgIpc) is 2.78. The molecule has 0 atom stereocenters. The summed E-state index contributed by atoms with van der Waals surface area (Å²) < 4.78 is 1.49. The first kappa shape index (κ1) is 11.6. The van der Waals surface area contributed by atoms with E-state index in [1.54, 1.807) is 18.2 Å². The van der Waals surface area contributed by atoms with Gasteiger partial charge in [0.2, 0.25) is 0 Å². The van der Waals surface area contributed by atoms with Gasteiger partial charge in [-0.1, -0.05) is 17.7 Å². The summed E-state index contributed by atoms with van der Waals surface area (Å²) in [5, 5.41) is 13.4. The zero-order valence-electron chi connectivity index (χ0n) is 8.80. The Labute approximate surface area is 102 Å². The fourth-order valence-corrected chi connectivity index (χ4v) is 1.63. The Morgan fingerprint density at radius 3 is 2.82 bits per heavy atom. The van der Waals surface area contributed by atoms with Crippen molar-refractivity contribution in [2.45, 2.75) is 6.61 Å². The number of amides is 1. The summed E-state index contributed by atoms with van der Waals surface area (Å²) in [6, 6.07) is 5.10. The minimum Gasteiger partial charge on any atom is -0.392 e. The van der Waals surface area contributed by atoms with Crippen molar-refractivity contribution in [2.75, 3.05) is 0 Å². The van der Waals surface area contributed by atoms with Crippen molar-refractivity contribution in [3.05, 3.63) is 46.7 Å². The van der Waals surface area contributed by atoms with Crippen LogP contribution in [0.4, 0.5) is 0 Å². The highest BCUT2D eigenvalue weighted by molar-refractivity contribution is 6.31. The number of rotatable bonds is 3. The van der Waals surface area contributed by atoms with Gasteiger partial charge in [0.25, 0.3) is 5.91 Å². The Hall–Kier alpha value is -1.85. The van der Waals surface area contributed by atoms with E-state index in [-0.39, 0.29) is 6.61 Å². The number of aliphatic hydroxyl groups is 1. The van der Waals surface area contributed by atoms with Crippen molar-refractivity contribution in [3.63, 3.8) is 0 Å². The highest BCUT2D eigenvalue weighted by Gasteiger charge is 2.07. The van der Waals surface area contributed by atoms with Gasteiger partial charge in [0.1, 0.15) is 0 Å². The van der Waals surface area contributed by atoms with Gasteiger partial charge >= 0.3 is 0 Å². The normalized spacial score (nSPS) is 10.5. The summed E-state index contributed by atoms with van der Waals surface area (Å²) in [7, 11) is 0. The highest BCUT2D eigenvalue weighted by atomic mass is 35.5. The molecular weight excluding hydrogens is 242 g/mol. The molecule has 0 spiro atoms. The molecule has 1 amide bonds. The number of aromatic nitrogens is 2. The lowest BCUT2D eigenvalue weighted by atomic mass is 10.2. The third kappa shape index (κ3) is 2.30. The standard InChI is InChI=1S/C11H10ClN3O2/c12-10-3-9(2-1-7(10)6-16)15-5-8(4-14-15)11(13)17/h1-5,16H,6H2,(H2,13,17). The van der Waals surface area contributed by atoms with E-state index in [4.69, 9.17) is 22.4 Å². The minimum atomic E-state index is -0.533. The summed E-state index contributed by atoms with van der Waals surface area (Å²) >= 11 is 5.96. The summed E-state index contributed by atoms with van der Waals surface area (Å²) in [4.78, 5) is 10.9. The molecule has 2 aromatic rings. The Balaban J connectivity index is 2.39. The van der Waals surface area contributed by atoms with Crippen LogP contribution in [0.15, 0.2) is 30.6 Å². The topological polar surface area (TPSA) is 81.1 Å². The van der Waals surface area contributed by atoms with E-state index in [0.717, 1.165) is 0 Å². The number of hydrogen-bond donors (Lipinski definition) is 2. The van der Waals surface area contributed by atoms with Crippen LogP contribution in [0.3, 0.4) is 0 Å². The van der Waals surface area contributed by atoms with Crippen molar-refractivity contribution < 1.29 is 9.90 Å². The van der Waals surface area contributed by atoms with Crippen LogP contribution in [0.2, 0.25) is 5.02 Å². The Morgan fingerprint density at radius 2 is 2.29 bits per heavy atom. The van der Waals surface area contributed by atoms with Gasteiger partial charge in [-0.05, 0) is 17.7 Å². The van der Waals surface area contributed by atoms with Gasteiger partial charge < -0.3 is 10.8 Å². The van der Waals surface area contributed by atoms with Gasteiger partial charge in [0.15, 0.2) is 0 Å². The molecule has 17 heavy (non-hydrogen) atoms. The maximum atomic E-state index is 10.9. The Kier molecular flexibility index (Phi) is 3.12. The number of benzene rings is 1. The maximum Gasteiger partial charge on any atom is 0.251 e. The first-order valence-electron chi connectivity index (χ1n) is 4.86. The molecule has 5 nitrogen and oxygen atoms in total. The molecule has 3 N–H and O–H groups in total. The van der Waals surface area contributed by atoms with Crippen molar-refractivity contribution in [1.82, 2.24) is 9.78 Å². The van der Waals surface area contributed by atoms with E-state index >= 15 is 0 Å². The fourth-order valence-electron chi connectivity index (χ4n) is 1.40. The second kappa shape index (κ2) is 4.57. The number of carbonyl (C=O) groups is 1. The van der Waals surface area contributed by atoms with E-state index in [1.165, 1.54) is 17.1 Å². The lowest BCUT2D eigenvalue weighted by Gasteiger charge is -2.04. The predicted octanol–water partition coefficient (Wildman–Crippen LogP) is 1.12. The number of hydrogen-bond acceptors (Lipinski definition) is 3. The average molecular weight is 252 g/mol. The van der Waals surface area contributed by atoms with Crippen LogP contribution in [0.25, 0.3) is 5.69 Å². The molecule has 88 valence electrons. The number of nitrogens with zero attached hydrogens (tertiary/aromatic N) is 2. The van der Waals surface area contributed by atoms with Gasteiger partial charge in [-0.25, -0.2) is 4.68 Å². The van der Waals surface area contributed by atoms with Crippen LogP contribution in [-0.2, 0) is 6.61 Å². The summed E-state index contributed by atoms with van der Waals surface area (Å²) in [6.45, 7) is -0.120. The minimum absolute atomic E-state index is 0.120. The molecule has 1 aromatic heterocycles. The number of halogens is 1. The summed E-state index contributed by atoms with van der Waals surface area (Å²) in [5.41, 5.74) is 6.79. The van der Waals surface area contributed by atoms with Crippen LogP contribution in [0, 0.1) is 0 Å². The van der Waals surface area contributed by atoms with Crippen LogP contribution >= 0.6 is 11.6 Å². The molecule has 0 fully saturated rings. The zero-order valence-corrected chi connectivity index (χ0v) is 9.55. The molecule has 2 rings (SSSR count). The number of nitrogens with two attached hydrogens (primary N) is 1. The van der Waals surface area contributed by atoms with E-state index in [0.29, 0.717) is 21.8 Å². The molecule has 0 aliphatic heterocycles. The van der Waals surface area contributed by atoms with Gasteiger partial charge in [0.05, 0.1) is 24.1 Å². The molecule has 0 aliphatic rings. The van der Waals surface area contributed by atoms with E-state index in [9.17, 15) is 4.79 Å². The lowest BCUT2D eigenvalue weighted by molar-refractivity contribution is 0.100. The molecular formula is C11H10ClN3O2. The molecule has 0 saturated heterocycles. The Morgan fingerprint density at radius 1 is 1.53 bits per heavy atom. The van der Waals surface area contributed by atoms with Crippen molar-refractivity contribution in [2.24, 2.45) is 5.73 Å². The van der Waals surface area contributed by atoms with E-state index < -0.39 is 5.91 Å². The molecule has 1 heterocycles. The van der Waals surface area contributed by atoms with Crippen LogP contribution in [0.5, 0.6) is 0 Å². The molecule has 0 unspecified atom stereocenters. The molecule has 1 aromatic carbocycles. The van der Waals surface area contributed by atoms with Gasteiger partial charge in [-0.2, -0.15) is 5.10 Å². The van der Waals surface area contributed by atoms with Crippen LogP contribution < -0.4 is 5.73 Å². The third-order valence-corrected chi connectivity index (χ3v) is 2.69. The quantitative estimate of drug-likeness (QED) is 0.858. The summed E-state index contributed by atoms with van der Waals surface area (Å²) in [5.74, 6) is -0.533. The number of primary amides is 1. The van der Waals surface area contributed by atoms with Crippen molar-refractivity contribution in [3.8, 4) is 5.69 Å². The predicted molar refractivity (Wildman–Crippen MR) is 63.0 cm³/mol. The highest BCUT2D eigenvalue weighted by Crippen LogP contribution is 2.20. The number of aliphatic hydroxyl groups excluding tert-OH is 1. The van der Waals surface area contributed by atoms with Crippen molar-refractivity contribution >= 4 is 17.5 Å². The number of carbonyl (C=O) groups excluding carboxylic acids is 1. The second-order valence-electron chi connectivity index (χ2n) is 3.47. The zero-order chi connectivity index (χ0) is 12.4. The fraction of sp³-hybridized carbons (Fsp3) is 0.0909. The second-order valence-corrected chi connectivity index (χ2v) is 3.88. The van der Waals surface area contributed by atoms with E-state index in [1.807, 2.05) is 0 Å². The van der Waals surface area contributed by atoms with Gasteiger partial charge in [0, 0.05) is 11.2 Å². The third-order valence-electron chi connectivity index (χ3n) is 2.34. The molecule has 0 radical (unpaired) electrons. The Bertz CT molecular complexity index is 566. The first-order chi connectivity index (χ1) is 8.11.